The average molecular weight is 199 g/mol. The van der Waals surface area contributed by atoms with Crippen molar-refractivity contribution in [2.75, 3.05) is 11.1 Å². The van der Waals surface area contributed by atoms with Gasteiger partial charge in [-0.3, -0.25) is 4.98 Å². The maximum Gasteiger partial charge on any atom is 0.0618 e. The summed E-state index contributed by atoms with van der Waals surface area (Å²) in [7, 11) is 0. The number of anilines is 3. The predicted molar refractivity (Wildman–Crippen MR) is 63.1 cm³/mol. The molecule has 2 rings (SSSR count). The van der Waals surface area contributed by atoms with E-state index in [2.05, 4.69) is 10.3 Å². The maximum absolute atomic E-state index is 5.89. The lowest BCUT2D eigenvalue weighted by molar-refractivity contribution is 1.32. The second-order valence-corrected chi connectivity index (χ2v) is 3.46. The number of nitrogens with one attached hydrogen (secondary N) is 1. The molecule has 0 amide bonds. The first kappa shape index (κ1) is 9.52. The topological polar surface area (TPSA) is 50.9 Å². The molecule has 3 heteroatoms. The minimum atomic E-state index is 0.749. The number of nitrogen functional groups attached to an aromatic ring is 1. The monoisotopic (exact) mass is 199 g/mol. The van der Waals surface area contributed by atoms with E-state index in [1.54, 1.807) is 12.4 Å². The van der Waals surface area contributed by atoms with Gasteiger partial charge in [-0.15, -0.1) is 0 Å². The fourth-order valence-electron chi connectivity index (χ4n) is 1.39. The minimum absolute atomic E-state index is 0.749. The summed E-state index contributed by atoms with van der Waals surface area (Å²) in [6.45, 7) is 2.02. The smallest absolute Gasteiger partial charge is 0.0618 e. The molecular weight excluding hydrogens is 186 g/mol. The van der Waals surface area contributed by atoms with Crippen molar-refractivity contribution < 1.29 is 0 Å². The number of rotatable bonds is 2. The van der Waals surface area contributed by atoms with Crippen LogP contribution in [0.3, 0.4) is 0 Å². The highest BCUT2D eigenvalue weighted by Crippen LogP contribution is 2.23. The van der Waals surface area contributed by atoms with Crippen molar-refractivity contribution >= 4 is 17.1 Å². The molecule has 0 spiro atoms. The van der Waals surface area contributed by atoms with E-state index in [0.29, 0.717) is 0 Å². The molecule has 0 bridgehead atoms. The summed E-state index contributed by atoms with van der Waals surface area (Å²) in [6, 6.07) is 9.77. The second kappa shape index (κ2) is 4.00. The van der Waals surface area contributed by atoms with Crippen molar-refractivity contribution in [3.63, 3.8) is 0 Å². The van der Waals surface area contributed by atoms with Gasteiger partial charge in [0.05, 0.1) is 23.3 Å². The second-order valence-electron chi connectivity index (χ2n) is 3.46. The molecule has 1 aromatic heterocycles. The van der Waals surface area contributed by atoms with Gasteiger partial charge < -0.3 is 11.1 Å². The van der Waals surface area contributed by atoms with E-state index in [9.17, 15) is 0 Å². The van der Waals surface area contributed by atoms with Gasteiger partial charge in [0, 0.05) is 6.20 Å². The molecule has 76 valence electrons. The summed E-state index contributed by atoms with van der Waals surface area (Å²) in [5.41, 5.74) is 9.64. The number of pyridine rings is 1. The zero-order valence-electron chi connectivity index (χ0n) is 8.57. The highest BCUT2D eigenvalue weighted by molar-refractivity contribution is 5.72. The molecule has 0 fully saturated rings. The largest absolute Gasteiger partial charge is 0.397 e. The van der Waals surface area contributed by atoms with Gasteiger partial charge in [-0.25, -0.2) is 0 Å². The van der Waals surface area contributed by atoms with Crippen LogP contribution in [0.5, 0.6) is 0 Å². The van der Waals surface area contributed by atoms with Crippen molar-refractivity contribution in [1.29, 1.82) is 0 Å². The molecule has 2 aromatic rings. The van der Waals surface area contributed by atoms with Crippen molar-refractivity contribution in [2.45, 2.75) is 6.92 Å². The summed E-state index contributed by atoms with van der Waals surface area (Å²) in [6.07, 6.45) is 3.50. The highest BCUT2D eigenvalue weighted by atomic mass is 14.9. The van der Waals surface area contributed by atoms with E-state index < -0.39 is 0 Å². The van der Waals surface area contributed by atoms with E-state index in [1.807, 2.05) is 37.3 Å². The van der Waals surface area contributed by atoms with Crippen LogP contribution in [0.25, 0.3) is 0 Å². The lowest BCUT2D eigenvalue weighted by Gasteiger charge is -2.09. The van der Waals surface area contributed by atoms with Gasteiger partial charge in [0.1, 0.15) is 0 Å². The van der Waals surface area contributed by atoms with Crippen LogP contribution in [-0.2, 0) is 0 Å². The summed E-state index contributed by atoms with van der Waals surface area (Å²) in [5.74, 6) is 0. The standard InChI is InChI=1S/C12H13N3/c1-9-4-5-12(11(13)7-9)15-10-3-2-6-14-8-10/h2-8,15H,13H2,1H3. The van der Waals surface area contributed by atoms with Crippen molar-refractivity contribution in [3.05, 3.63) is 48.3 Å². The van der Waals surface area contributed by atoms with Gasteiger partial charge in [0.15, 0.2) is 0 Å². The van der Waals surface area contributed by atoms with Crippen LogP contribution in [0.15, 0.2) is 42.7 Å². The molecule has 1 aromatic carbocycles. The number of hydrogen-bond acceptors (Lipinski definition) is 3. The molecule has 3 N–H and O–H groups in total. The molecule has 0 aliphatic rings. The molecule has 1 heterocycles. The number of nitrogens with two attached hydrogens (primary N) is 1. The lowest BCUT2D eigenvalue weighted by atomic mass is 10.2. The van der Waals surface area contributed by atoms with E-state index in [-0.39, 0.29) is 0 Å². The Balaban J connectivity index is 2.25. The van der Waals surface area contributed by atoms with Crippen LogP contribution in [0.1, 0.15) is 5.56 Å². The van der Waals surface area contributed by atoms with Gasteiger partial charge >= 0.3 is 0 Å². The van der Waals surface area contributed by atoms with Crippen molar-refractivity contribution in [2.24, 2.45) is 0 Å². The van der Waals surface area contributed by atoms with Crippen molar-refractivity contribution in [3.8, 4) is 0 Å². The fraction of sp³-hybridized carbons (Fsp3) is 0.0833. The zero-order chi connectivity index (χ0) is 10.7. The maximum atomic E-state index is 5.89. The van der Waals surface area contributed by atoms with E-state index in [1.165, 1.54) is 0 Å². The quantitative estimate of drug-likeness (QED) is 0.731. The minimum Gasteiger partial charge on any atom is -0.397 e. The Labute approximate surface area is 89.0 Å². The Morgan fingerprint density at radius 2 is 2.13 bits per heavy atom. The van der Waals surface area contributed by atoms with Crippen LogP contribution in [0, 0.1) is 6.92 Å². The van der Waals surface area contributed by atoms with Gasteiger partial charge in [0.2, 0.25) is 0 Å². The third-order valence-electron chi connectivity index (χ3n) is 2.15. The first-order valence-corrected chi connectivity index (χ1v) is 4.79. The number of hydrogen-bond donors (Lipinski definition) is 2. The van der Waals surface area contributed by atoms with Crippen LogP contribution >= 0.6 is 0 Å². The highest BCUT2D eigenvalue weighted by Gasteiger charge is 1.99. The normalized spacial score (nSPS) is 9.93. The number of aromatic nitrogens is 1. The molecule has 0 atom stereocenters. The lowest BCUT2D eigenvalue weighted by Crippen LogP contribution is -1.96. The molecule has 3 nitrogen and oxygen atoms in total. The third kappa shape index (κ3) is 2.26. The Morgan fingerprint density at radius 3 is 2.80 bits per heavy atom. The molecule has 0 aliphatic carbocycles. The summed E-state index contributed by atoms with van der Waals surface area (Å²) < 4.78 is 0. The first-order valence-electron chi connectivity index (χ1n) is 4.79. The van der Waals surface area contributed by atoms with Crippen LogP contribution in [-0.4, -0.2) is 4.98 Å². The molecule has 0 saturated heterocycles. The Bertz CT molecular complexity index is 452. The van der Waals surface area contributed by atoms with E-state index in [4.69, 9.17) is 5.73 Å². The van der Waals surface area contributed by atoms with Gasteiger partial charge in [0.25, 0.3) is 0 Å². The van der Waals surface area contributed by atoms with Crippen LogP contribution < -0.4 is 11.1 Å². The van der Waals surface area contributed by atoms with Crippen LogP contribution in [0.2, 0.25) is 0 Å². The van der Waals surface area contributed by atoms with Gasteiger partial charge in [-0.2, -0.15) is 0 Å². The first-order chi connectivity index (χ1) is 7.25. The van der Waals surface area contributed by atoms with Crippen molar-refractivity contribution in [1.82, 2.24) is 4.98 Å². The summed E-state index contributed by atoms with van der Waals surface area (Å²) in [5, 5.41) is 3.21. The Hall–Kier alpha value is -2.03. The third-order valence-corrected chi connectivity index (χ3v) is 2.15. The van der Waals surface area contributed by atoms with Gasteiger partial charge in [-0.05, 0) is 36.8 Å². The molecule has 15 heavy (non-hydrogen) atoms. The fourth-order valence-corrected chi connectivity index (χ4v) is 1.39. The molecule has 0 saturated carbocycles. The molecular formula is C12H13N3. The summed E-state index contributed by atoms with van der Waals surface area (Å²) in [4.78, 5) is 4.02. The number of benzene rings is 1. The molecule has 0 unspecified atom stereocenters. The molecule has 0 radical (unpaired) electrons. The Morgan fingerprint density at radius 1 is 1.27 bits per heavy atom. The zero-order valence-corrected chi connectivity index (χ0v) is 8.57. The number of aryl methyl sites for hydroxylation is 1. The SMILES string of the molecule is Cc1ccc(Nc2cccnc2)c(N)c1. The summed E-state index contributed by atoms with van der Waals surface area (Å²) >= 11 is 0. The predicted octanol–water partition coefficient (Wildman–Crippen LogP) is 2.72. The van der Waals surface area contributed by atoms with E-state index in [0.717, 1.165) is 22.6 Å². The van der Waals surface area contributed by atoms with E-state index >= 15 is 0 Å². The van der Waals surface area contributed by atoms with Crippen LogP contribution in [0.4, 0.5) is 17.1 Å². The van der Waals surface area contributed by atoms with Gasteiger partial charge in [-0.1, -0.05) is 6.07 Å². The molecule has 0 aliphatic heterocycles. The average Bonchev–Trinajstić information content (AvgIpc) is 2.24. The Kier molecular flexibility index (Phi) is 2.54. The number of nitrogens with zero attached hydrogens (tertiary/aromatic N) is 1.